The van der Waals surface area contributed by atoms with Crippen molar-refractivity contribution in [3.8, 4) is 6.07 Å². The largest absolute Gasteiger partial charge is 0.366 e. The molecule has 162 valence electrons. The summed E-state index contributed by atoms with van der Waals surface area (Å²) in [6.45, 7) is 1.46. The third kappa shape index (κ3) is 6.76. The van der Waals surface area contributed by atoms with Crippen LogP contribution in [0.1, 0.15) is 33.5 Å². The van der Waals surface area contributed by atoms with Crippen LogP contribution in [-0.4, -0.2) is 23.3 Å². The van der Waals surface area contributed by atoms with Crippen molar-refractivity contribution in [2.75, 3.05) is 11.9 Å². The zero-order valence-electron chi connectivity index (χ0n) is 17.4. The zero-order chi connectivity index (χ0) is 22.9. The summed E-state index contributed by atoms with van der Waals surface area (Å²) >= 11 is 0. The first-order chi connectivity index (χ1) is 15.4. The maximum absolute atomic E-state index is 13.6. The van der Waals surface area contributed by atoms with Crippen LogP contribution in [0, 0.1) is 17.1 Å². The van der Waals surface area contributed by atoms with Gasteiger partial charge in [0.1, 0.15) is 5.82 Å². The minimum absolute atomic E-state index is 0.180. The zero-order valence-corrected chi connectivity index (χ0v) is 17.4. The van der Waals surface area contributed by atoms with E-state index in [0.29, 0.717) is 36.4 Å². The van der Waals surface area contributed by atoms with Gasteiger partial charge in [0.05, 0.1) is 11.6 Å². The summed E-state index contributed by atoms with van der Waals surface area (Å²) in [5.74, 6) is -1.02. The van der Waals surface area contributed by atoms with E-state index in [-0.39, 0.29) is 18.1 Å². The van der Waals surface area contributed by atoms with Crippen LogP contribution in [-0.2, 0) is 17.9 Å². The van der Waals surface area contributed by atoms with E-state index in [9.17, 15) is 14.0 Å². The molecule has 2 amide bonds. The van der Waals surface area contributed by atoms with E-state index in [4.69, 9.17) is 11.0 Å². The summed E-state index contributed by atoms with van der Waals surface area (Å²) in [6.07, 6.45) is 0.225. The lowest BCUT2D eigenvalue weighted by molar-refractivity contribution is -0.116. The van der Waals surface area contributed by atoms with Gasteiger partial charge in [-0.3, -0.25) is 14.5 Å². The summed E-state index contributed by atoms with van der Waals surface area (Å²) in [7, 11) is 0. The van der Waals surface area contributed by atoms with Gasteiger partial charge < -0.3 is 11.1 Å². The number of carbonyl (C=O) groups excluding carboxylic acids is 2. The number of amides is 2. The first-order valence-electron chi connectivity index (χ1n) is 10.1. The van der Waals surface area contributed by atoms with E-state index in [1.165, 1.54) is 12.1 Å². The molecule has 0 aliphatic heterocycles. The van der Waals surface area contributed by atoms with Gasteiger partial charge >= 0.3 is 0 Å². The molecule has 0 aromatic heterocycles. The van der Waals surface area contributed by atoms with Gasteiger partial charge in [-0.1, -0.05) is 24.3 Å². The number of nitrogens with zero attached hydrogens (tertiary/aromatic N) is 2. The highest BCUT2D eigenvalue weighted by molar-refractivity contribution is 5.94. The van der Waals surface area contributed by atoms with Crippen LogP contribution in [0.2, 0.25) is 0 Å². The number of anilines is 1. The third-order valence-corrected chi connectivity index (χ3v) is 4.89. The highest BCUT2D eigenvalue weighted by Gasteiger charge is 2.12. The van der Waals surface area contributed by atoms with Crippen LogP contribution in [0.15, 0.2) is 72.8 Å². The third-order valence-electron chi connectivity index (χ3n) is 4.89. The lowest BCUT2D eigenvalue weighted by Crippen LogP contribution is -2.27. The second-order valence-electron chi connectivity index (χ2n) is 7.39. The molecule has 0 heterocycles. The van der Waals surface area contributed by atoms with Crippen LogP contribution in [0.4, 0.5) is 10.1 Å². The van der Waals surface area contributed by atoms with E-state index in [1.54, 1.807) is 42.5 Å². The fourth-order valence-electron chi connectivity index (χ4n) is 3.25. The lowest BCUT2D eigenvalue weighted by atomic mass is 10.1. The molecule has 3 aromatic rings. The molecule has 0 unspecified atom stereocenters. The van der Waals surface area contributed by atoms with Crippen LogP contribution >= 0.6 is 0 Å². The number of nitriles is 1. The van der Waals surface area contributed by atoms with Gasteiger partial charge in [0.25, 0.3) is 0 Å². The average molecular weight is 430 g/mol. The molecule has 6 nitrogen and oxygen atoms in total. The molecule has 3 N–H and O–H groups in total. The van der Waals surface area contributed by atoms with Crippen molar-refractivity contribution in [1.29, 1.82) is 5.26 Å². The van der Waals surface area contributed by atoms with E-state index < -0.39 is 5.91 Å². The quantitative estimate of drug-likeness (QED) is 0.539. The smallest absolute Gasteiger partial charge is 0.248 e. The second-order valence-corrected chi connectivity index (χ2v) is 7.39. The maximum Gasteiger partial charge on any atom is 0.248 e. The minimum atomic E-state index is -0.529. The Kier molecular flexibility index (Phi) is 7.68. The molecule has 0 saturated heterocycles. The standard InChI is InChI=1S/C25H23FN4O2/c26-22-3-1-2-20(14-22)17-30(16-19-6-4-18(15-27)5-7-19)13-12-24(31)29-23-10-8-21(9-11-23)25(28)32/h1-11,14H,12-13,16-17H2,(H2,28,32)(H,29,31). The summed E-state index contributed by atoms with van der Waals surface area (Å²) in [6, 6.07) is 22.1. The molecule has 0 aliphatic carbocycles. The van der Waals surface area contributed by atoms with Crippen molar-refractivity contribution in [1.82, 2.24) is 4.90 Å². The van der Waals surface area contributed by atoms with Crippen molar-refractivity contribution < 1.29 is 14.0 Å². The Morgan fingerprint density at radius 2 is 1.66 bits per heavy atom. The fourth-order valence-corrected chi connectivity index (χ4v) is 3.25. The Morgan fingerprint density at radius 3 is 2.28 bits per heavy atom. The molecule has 0 radical (unpaired) electrons. The number of primary amides is 1. The van der Waals surface area contributed by atoms with Gasteiger partial charge in [0.15, 0.2) is 0 Å². The first-order valence-corrected chi connectivity index (χ1v) is 10.1. The number of hydrogen-bond acceptors (Lipinski definition) is 4. The average Bonchev–Trinajstić information content (AvgIpc) is 2.78. The molecule has 0 aliphatic rings. The van der Waals surface area contributed by atoms with Crippen molar-refractivity contribution in [3.05, 3.63) is 101 Å². The SMILES string of the molecule is N#Cc1ccc(CN(CCC(=O)Nc2ccc(C(N)=O)cc2)Cc2cccc(F)c2)cc1. The molecule has 32 heavy (non-hydrogen) atoms. The normalized spacial score (nSPS) is 10.5. The van der Waals surface area contributed by atoms with Gasteiger partial charge in [-0.25, -0.2) is 4.39 Å². The number of rotatable bonds is 9. The molecule has 0 bridgehead atoms. The number of nitrogens with one attached hydrogen (secondary N) is 1. The van der Waals surface area contributed by atoms with E-state index in [0.717, 1.165) is 11.1 Å². The molecular formula is C25H23FN4O2. The molecule has 0 atom stereocenters. The van der Waals surface area contributed by atoms with Crippen LogP contribution in [0.3, 0.4) is 0 Å². The summed E-state index contributed by atoms with van der Waals surface area (Å²) in [5, 5.41) is 11.8. The predicted octanol–water partition coefficient (Wildman–Crippen LogP) is 3.83. The lowest BCUT2D eigenvalue weighted by Gasteiger charge is -2.22. The summed E-state index contributed by atoms with van der Waals surface area (Å²) in [4.78, 5) is 25.7. The van der Waals surface area contributed by atoms with Gasteiger partial charge in [0.2, 0.25) is 11.8 Å². The number of nitrogens with two attached hydrogens (primary N) is 1. The highest BCUT2D eigenvalue weighted by Crippen LogP contribution is 2.14. The summed E-state index contributed by atoms with van der Waals surface area (Å²) < 4.78 is 13.6. The Morgan fingerprint density at radius 1 is 0.969 bits per heavy atom. The van der Waals surface area contributed by atoms with Crippen LogP contribution in [0.25, 0.3) is 0 Å². The molecule has 0 fully saturated rings. The minimum Gasteiger partial charge on any atom is -0.366 e. The van der Waals surface area contributed by atoms with Crippen molar-refractivity contribution in [2.24, 2.45) is 5.73 Å². The Bertz CT molecular complexity index is 1120. The molecule has 0 saturated carbocycles. The predicted molar refractivity (Wildman–Crippen MR) is 120 cm³/mol. The van der Waals surface area contributed by atoms with E-state index in [2.05, 4.69) is 11.4 Å². The van der Waals surface area contributed by atoms with Crippen molar-refractivity contribution >= 4 is 17.5 Å². The van der Waals surface area contributed by atoms with Crippen LogP contribution < -0.4 is 11.1 Å². The molecule has 7 heteroatoms. The molecular weight excluding hydrogens is 407 g/mol. The van der Waals surface area contributed by atoms with Crippen LogP contribution in [0.5, 0.6) is 0 Å². The number of benzene rings is 3. The number of hydrogen-bond donors (Lipinski definition) is 2. The maximum atomic E-state index is 13.6. The molecule has 3 aromatic carbocycles. The Hall–Kier alpha value is -4.02. The van der Waals surface area contributed by atoms with Gasteiger partial charge in [-0.2, -0.15) is 5.26 Å². The monoisotopic (exact) mass is 430 g/mol. The number of carbonyl (C=O) groups is 2. The second kappa shape index (κ2) is 10.8. The Balaban J connectivity index is 1.64. The van der Waals surface area contributed by atoms with Gasteiger partial charge in [0, 0.05) is 37.3 Å². The van der Waals surface area contributed by atoms with Gasteiger partial charge in [-0.15, -0.1) is 0 Å². The van der Waals surface area contributed by atoms with E-state index in [1.807, 2.05) is 23.1 Å². The van der Waals surface area contributed by atoms with Crippen molar-refractivity contribution in [2.45, 2.75) is 19.5 Å². The van der Waals surface area contributed by atoms with Crippen molar-refractivity contribution in [3.63, 3.8) is 0 Å². The van der Waals surface area contributed by atoms with Gasteiger partial charge in [-0.05, 0) is 59.7 Å². The molecule has 0 spiro atoms. The topological polar surface area (TPSA) is 99.2 Å². The summed E-state index contributed by atoms with van der Waals surface area (Å²) in [5.41, 5.74) is 8.54. The molecule has 3 rings (SSSR count). The number of halogens is 1. The first kappa shape index (κ1) is 22.7. The fraction of sp³-hybridized carbons (Fsp3) is 0.160. The van der Waals surface area contributed by atoms with E-state index >= 15 is 0 Å². The Labute approximate surface area is 186 Å². The highest BCUT2D eigenvalue weighted by atomic mass is 19.1.